The van der Waals surface area contributed by atoms with Crippen LogP contribution in [0.25, 0.3) is 0 Å². The number of rotatable bonds is 5. The summed E-state index contributed by atoms with van der Waals surface area (Å²) >= 11 is 0. The fourth-order valence-corrected chi connectivity index (χ4v) is 1.65. The molecule has 5 nitrogen and oxygen atoms in total. The maximum atomic E-state index is 11.7. The summed E-state index contributed by atoms with van der Waals surface area (Å²) in [6, 6.07) is 0. The predicted molar refractivity (Wildman–Crippen MR) is 58.7 cm³/mol. The molecule has 0 aromatic rings. The van der Waals surface area contributed by atoms with Crippen LogP contribution in [0, 0.1) is 0 Å². The highest BCUT2D eigenvalue weighted by atomic mass is 16.2. The lowest BCUT2D eigenvalue weighted by Gasteiger charge is -2.33. The number of hydrogen-bond acceptors (Lipinski definition) is 3. The molecule has 2 amide bonds. The van der Waals surface area contributed by atoms with E-state index < -0.39 is 0 Å². The van der Waals surface area contributed by atoms with Crippen molar-refractivity contribution >= 4 is 17.6 Å². The summed E-state index contributed by atoms with van der Waals surface area (Å²) in [6.45, 7) is 4.56. The SMILES string of the molecule is CCCN1CC(=O)N(CC(=O)CC)CC1=O. The van der Waals surface area contributed by atoms with E-state index in [1.165, 1.54) is 4.90 Å². The van der Waals surface area contributed by atoms with Crippen LogP contribution in [0.15, 0.2) is 0 Å². The molecule has 1 rings (SSSR count). The molecule has 0 spiro atoms. The van der Waals surface area contributed by atoms with Gasteiger partial charge in [-0.05, 0) is 6.42 Å². The molecule has 1 saturated heterocycles. The molecule has 0 bridgehead atoms. The molecule has 0 aliphatic carbocycles. The second kappa shape index (κ2) is 5.63. The third-order valence-corrected chi connectivity index (χ3v) is 2.61. The van der Waals surface area contributed by atoms with Crippen molar-refractivity contribution in [3.63, 3.8) is 0 Å². The Morgan fingerprint density at radius 2 is 1.69 bits per heavy atom. The van der Waals surface area contributed by atoms with E-state index in [2.05, 4.69) is 0 Å². The number of hydrogen-bond donors (Lipinski definition) is 0. The third-order valence-electron chi connectivity index (χ3n) is 2.61. The average molecular weight is 226 g/mol. The molecule has 1 aliphatic rings. The van der Waals surface area contributed by atoms with Crippen LogP contribution < -0.4 is 0 Å². The zero-order valence-corrected chi connectivity index (χ0v) is 9.86. The Morgan fingerprint density at radius 1 is 1.12 bits per heavy atom. The minimum Gasteiger partial charge on any atom is -0.332 e. The van der Waals surface area contributed by atoms with E-state index in [0.29, 0.717) is 13.0 Å². The molecule has 5 heteroatoms. The molecule has 0 unspecified atom stereocenters. The van der Waals surface area contributed by atoms with Crippen LogP contribution in [0.3, 0.4) is 0 Å². The van der Waals surface area contributed by atoms with Gasteiger partial charge in [0.1, 0.15) is 6.54 Å². The molecule has 90 valence electrons. The van der Waals surface area contributed by atoms with Gasteiger partial charge in [0, 0.05) is 13.0 Å². The average Bonchev–Trinajstić information content (AvgIpc) is 2.25. The van der Waals surface area contributed by atoms with Crippen LogP contribution in [-0.2, 0) is 14.4 Å². The lowest BCUT2D eigenvalue weighted by atomic mass is 10.2. The number of piperazine rings is 1. The molecule has 1 fully saturated rings. The first kappa shape index (κ1) is 12.7. The van der Waals surface area contributed by atoms with E-state index in [4.69, 9.17) is 0 Å². The van der Waals surface area contributed by atoms with Crippen LogP contribution >= 0.6 is 0 Å². The summed E-state index contributed by atoms with van der Waals surface area (Å²) in [6.07, 6.45) is 1.24. The Bertz CT molecular complexity index is 302. The van der Waals surface area contributed by atoms with E-state index in [0.717, 1.165) is 6.42 Å². The molecule has 0 aromatic heterocycles. The minimum atomic E-state index is -0.130. The van der Waals surface area contributed by atoms with Crippen molar-refractivity contribution in [3.05, 3.63) is 0 Å². The maximum absolute atomic E-state index is 11.7. The molecule has 1 heterocycles. The lowest BCUT2D eigenvalue weighted by Crippen LogP contribution is -2.54. The van der Waals surface area contributed by atoms with Crippen molar-refractivity contribution in [2.45, 2.75) is 26.7 Å². The van der Waals surface area contributed by atoms with Gasteiger partial charge in [-0.3, -0.25) is 14.4 Å². The zero-order chi connectivity index (χ0) is 12.1. The van der Waals surface area contributed by atoms with Crippen molar-refractivity contribution in [2.24, 2.45) is 0 Å². The monoisotopic (exact) mass is 226 g/mol. The summed E-state index contributed by atoms with van der Waals surface area (Å²) in [5, 5.41) is 0. The first-order chi connectivity index (χ1) is 7.58. The standard InChI is InChI=1S/C11H18N2O3/c1-3-5-12-7-11(16)13(8-10(12)15)6-9(14)4-2/h3-8H2,1-2H3. The molecular formula is C11H18N2O3. The van der Waals surface area contributed by atoms with Crippen molar-refractivity contribution in [3.8, 4) is 0 Å². The smallest absolute Gasteiger partial charge is 0.243 e. The summed E-state index contributed by atoms with van der Waals surface area (Å²) in [4.78, 5) is 37.4. The third kappa shape index (κ3) is 3.05. The fraction of sp³-hybridized carbons (Fsp3) is 0.727. The normalized spacial score (nSPS) is 16.9. The first-order valence-corrected chi connectivity index (χ1v) is 5.65. The highest BCUT2D eigenvalue weighted by Crippen LogP contribution is 2.06. The molecule has 0 atom stereocenters. The minimum absolute atomic E-state index is 0.00917. The molecule has 1 aliphatic heterocycles. The largest absolute Gasteiger partial charge is 0.332 e. The van der Waals surface area contributed by atoms with Crippen molar-refractivity contribution in [1.82, 2.24) is 9.80 Å². The van der Waals surface area contributed by atoms with Crippen LogP contribution in [0.4, 0.5) is 0 Å². The van der Waals surface area contributed by atoms with E-state index in [1.54, 1.807) is 11.8 Å². The van der Waals surface area contributed by atoms with Gasteiger partial charge >= 0.3 is 0 Å². The second-order valence-corrected chi connectivity index (χ2v) is 3.96. The highest BCUT2D eigenvalue weighted by Gasteiger charge is 2.29. The van der Waals surface area contributed by atoms with E-state index in [1.807, 2.05) is 6.92 Å². The Balaban J connectivity index is 2.56. The fourth-order valence-electron chi connectivity index (χ4n) is 1.65. The van der Waals surface area contributed by atoms with Gasteiger partial charge in [-0.1, -0.05) is 13.8 Å². The Kier molecular flexibility index (Phi) is 4.46. The van der Waals surface area contributed by atoms with Crippen LogP contribution in [0.2, 0.25) is 0 Å². The summed E-state index contributed by atoms with van der Waals surface area (Å²) in [7, 11) is 0. The van der Waals surface area contributed by atoms with Gasteiger partial charge < -0.3 is 9.80 Å². The topological polar surface area (TPSA) is 57.7 Å². The van der Waals surface area contributed by atoms with Gasteiger partial charge in [-0.2, -0.15) is 0 Å². The molecule has 0 N–H and O–H groups in total. The van der Waals surface area contributed by atoms with E-state index >= 15 is 0 Å². The number of Topliss-reactive ketones (excluding diaryl/α,β-unsaturated/α-hetero) is 1. The molecule has 16 heavy (non-hydrogen) atoms. The summed E-state index contributed by atoms with van der Waals surface area (Å²) in [5.41, 5.74) is 0. The number of nitrogens with zero attached hydrogens (tertiary/aromatic N) is 2. The van der Waals surface area contributed by atoms with Gasteiger partial charge in [-0.25, -0.2) is 0 Å². The lowest BCUT2D eigenvalue weighted by molar-refractivity contribution is -0.151. The Morgan fingerprint density at radius 3 is 2.25 bits per heavy atom. The number of carbonyl (C=O) groups excluding carboxylic acids is 3. The van der Waals surface area contributed by atoms with Gasteiger partial charge in [-0.15, -0.1) is 0 Å². The molecule has 0 saturated carbocycles. The number of ketones is 1. The quantitative estimate of drug-likeness (QED) is 0.665. The van der Waals surface area contributed by atoms with Crippen molar-refractivity contribution in [2.75, 3.05) is 26.2 Å². The van der Waals surface area contributed by atoms with Gasteiger partial charge in [0.15, 0.2) is 5.78 Å². The second-order valence-electron chi connectivity index (χ2n) is 3.96. The number of carbonyl (C=O) groups is 3. The maximum Gasteiger partial charge on any atom is 0.243 e. The van der Waals surface area contributed by atoms with Crippen molar-refractivity contribution in [1.29, 1.82) is 0 Å². The van der Waals surface area contributed by atoms with Crippen molar-refractivity contribution < 1.29 is 14.4 Å². The zero-order valence-electron chi connectivity index (χ0n) is 9.86. The van der Waals surface area contributed by atoms with Crippen LogP contribution in [-0.4, -0.2) is 53.6 Å². The highest BCUT2D eigenvalue weighted by molar-refractivity contribution is 5.95. The molecule has 0 aromatic carbocycles. The van der Waals surface area contributed by atoms with Gasteiger partial charge in [0.2, 0.25) is 11.8 Å². The van der Waals surface area contributed by atoms with E-state index in [9.17, 15) is 14.4 Å². The Hall–Kier alpha value is -1.39. The first-order valence-electron chi connectivity index (χ1n) is 5.65. The van der Waals surface area contributed by atoms with Crippen LogP contribution in [0.5, 0.6) is 0 Å². The molecule has 0 radical (unpaired) electrons. The van der Waals surface area contributed by atoms with Gasteiger partial charge in [0.25, 0.3) is 0 Å². The number of amides is 2. The Labute approximate surface area is 95.4 Å². The summed E-state index contributed by atoms with van der Waals surface area (Å²) < 4.78 is 0. The summed E-state index contributed by atoms with van der Waals surface area (Å²) in [5.74, 6) is -0.203. The van der Waals surface area contributed by atoms with Gasteiger partial charge in [0.05, 0.1) is 13.1 Å². The van der Waals surface area contributed by atoms with Crippen LogP contribution in [0.1, 0.15) is 26.7 Å². The van der Waals surface area contributed by atoms with E-state index in [-0.39, 0.29) is 37.2 Å². The predicted octanol–water partition coefficient (Wildman–Crippen LogP) is 0.0463. The molecular weight excluding hydrogens is 208 g/mol.